The van der Waals surface area contributed by atoms with E-state index in [4.69, 9.17) is 4.42 Å². The van der Waals surface area contributed by atoms with Crippen molar-refractivity contribution in [1.82, 2.24) is 20.2 Å². The summed E-state index contributed by atoms with van der Waals surface area (Å²) < 4.78 is 5.80. The lowest BCUT2D eigenvalue weighted by molar-refractivity contribution is 0.540. The van der Waals surface area contributed by atoms with E-state index < -0.39 is 0 Å². The Morgan fingerprint density at radius 3 is 2.46 bits per heavy atom. The van der Waals surface area contributed by atoms with Crippen LogP contribution in [0.4, 0.5) is 0 Å². The number of benzene rings is 2. The van der Waals surface area contributed by atoms with Crippen LogP contribution in [0.3, 0.4) is 0 Å². The highest BCUT2D eigenvalue weighted by Gasteiger charge is 2.13. The van der Waals surface area contributed by atoms with Crippen LogP contribution in [0.15, 0.2) is 64.2 Å². The molecule has 2 aromatic carbocycles. The number of aryl methyl sites for hydroxylation is 2. The molecule has 0 unspecified atom stereocenters. The van der Waals surface area contributed by atoms with Gasteiger partial charge in [0.2, 0.25) is 11.0 Å². The Bertz CT molecular complexity index is 1010. The van der Waals surface area contributed by atoms with E-state index in [0.29, 0.717) is 16.8 Å². The molecule has 0 saturated carbocycles. The zero-order valence-corrected chi connectivity index (χ0v) is 15.4. The molecule has 0 bridgehead atoms. The van der Waals surface area contributed by atoms with E-state index in [1.165, 1.54) is 17.3 Å². The fourth-order valence-corrected chi connectivity index (χ4v) is 3.35. The Morgan fingerprint density at radius 2 is 1.69 bits per heavy atom. The minimum atomic E-state index is 0.647. The normalized spacial score (nSPS) is 11.0. The van der Waals surface area contributed by atoms with Gasteiger partial charge >= 0.3 is 0 Å². The largest absolute Gasteiger partial charge is 0.441 e. The molecule has 0 aliphatic rings. The molecule has 0 aliphatic carbocycles. The number of aromatic nitrogens is 4. The molecular formula is C20H18N4OS. The fraction of sp³-hybridized carbons (Fsp3) is 0.150. The second-order valence-corrected chi connectivity index (χ2v) is 6.95. The lowest BCUT2D eigenvalue weighted by atomic mass is 10.1. The summed E-state index contributed by atoms with van der Waals surface area (Å²) in [6.45, 7) is 4.00. The first-order valence-electron chi connectivity index (χ1n) is 8.33. The fourth-order valence-electron chi connectivity index (χ4n) is 2.55. The van der Waals surface area contributed by atoms with E-state index in [9.17, 15) is 0 Å². The monoisotopic (exact) mass is 362 g/mol. The molecule has 5 nitrogen and oxygen atoms in total. The molecule has 6 heteroatoms. The molecule has 4 rings (SSSR count). The van der Waals surface area contributed by atoms with Crippen LogP contribution in [0.5, 0.6) is 0 Å². The van der Waals surface area contributed by atoms with Crippen molar-refractivity contribution in [3.05, 3.63) is 71.6 Å². The number of aromatic amines is 1. The highest BCUT2D eigenvalue weighted by atomic mass is 32.2. The minimum Gasteiger partial charge on any atom is -0.441 e. The van der Waals surface area contributed by atoms with Crippen molar-refractivity contribution >= 4 is 11.8 Å². The number of nitrogens with zero attached hydrogens (tertiary/aromatic N) is 3. The van der Waals surface area contributed by atoms with Gasteiger partial charge in [-0.15, -0.1) is 5.10 Å². The maximum atomic E-state index is 5.80. The topological polar surface area (TPSA) is 67.6 Å². The van der Waals surface area contributed by atoms with E-state index in [2.05, 4.69) is 39.2 Å². The van der Waals surface area contributed by atoms with E-state index >= 15 is 0 Å². The lowest BCUT2D eigenvalue weighted by Gasteiger charge is -1.96. The van der Waals surface area contributed by atoms with E-state index in [0.717, 1.165) is 28.4 Å². The minimum absolute atomic E-state index is 0.647. The van der Waals surface area contributed by atoms with E-state index in [1.807, 2.05) is 49.4 Å². The highest BCUT2D eigenvalue weighted by Crippen LogP contribution is 2.27. The summed E-state index contributed by atoms with van der Waals surface area (Å²) in [4.78, 5) is 9.17. The third-order valence-electron chi connectivity index (χ3n) is 4.04. The van der Waals surface area contributed by atoms with Crippen LogP contribution in [0.25, 0.3) is 22.8 Å². The van der Waals surface area contributed by atoms with Crippen molar-refractivity contribution in [1.29, 1.82) is 0 Å². The zero-order valence-electron chi connectivity index (χ0n) is 14.6. The molecule has 0 atom stereocenters. The molecule has 0 fully saturated rings. The maximum absolute atomic E-state index is 5.80. The molecular weight excluding hydrogens is 344 g/mol. The number of oxazole rings is 1. The third kappa shape index (κ3) is 3.55. The van der Waals surface area contributed by atoms with Crippen LogP contribution in [-0.2, 0) is 5.75 Å². The molecule has 130 valence electrons. The molecule has 0 saturated heterocycles. The molecule has 26 heavy (non-hydrogen) atoms. The Labute approximate surface area is 155 Å². The van der Waals surface area contributed by atoms with Crippen LogP contribution in [0, 0.1) is 13.8 Å². The second-order valence-electron chi connectivity index (χ2n) is 6.01. The first kappa shape index (κ1) is 16.6. The number of H-pyrrole nitrogens is 1. The van der Waals surface area contributed by atoms with Gasteiger partial charge in [-0.25, -0.2) is 9.97 Å². The van der Waals surface area contributed by atoms with Gasteiger partial charge in [0.15, 0.2) is 5.82 Å². The number of nitrogens with one attached hydrogen (secondary N) is 1. The van der Waals surface area contributed by atoms with Gasteiger partial charge in [-0.05, 0) is 26.0 Å². The van der Waals surface area contributed by atoms with E-state index in [-0.39, 0.29) is 0 Å². The van der Waals surface area contributed by atoms with Gasteiger partial charge in [0.1, 0.15) is 5.76 Å². The first-order valence-corrected chi connectivity index (χ1v) is 9.31. The van der Waals surface area contributed by atoms with Crippen molar-refractivity contribution in [2.75, 3.05) is 0 Å². The predicted octanol–water partition coefficient (Wildman–Crippen LogP) is 5.04. The van der Waals surface area contributed by atoms with Crippen LogP contribution in [0.2, 0.25) is 0 Å². The van der Waals surface area contributed by atoms with Crippen LogP contribution in [0.1, 0.15) is 17.0 Å². The Hall–Kier alpha value is -2.86. The molecule has 0 aliphatic heterocycles. The molecule has 0 radical (unpaired) electrons. The van der Waals surface area contributed by atoms with Crippen molar-refractivity contribution in [2.45, 2.75) is 24.8 Å². The van der Waals surface area contributed by atoms with Crippen molar-refractivity contribution in [2.24, 2.45) is 0 Å². The van der Waals surface area contributed by atoms with Gasteiger partial charge in [0, 0.05) is 16.9 Å². The average molecular weight is 362 g/mol. The molecule has 1 N–H and O–H groups in total. The van der Waals surface area contributed by atoms with Crippen molar-refractivity contribution < 1.29 is 4.42 Å². The Kier molecular flexibility index (Phi) is 4.58. The zero-order chi connectivity index (χ0) is 17.9. The molecule has 0 spiro atoms. The molecule has 2 heterocycles. The summed E-state index contributed by atoms with van der Waals surface area (Å²) in [5.74, 6) is 2.90. The maximum Gasteiger partial charge on any atom is 0.226 e. The summed E-state index contributed by atoms with van der Waals surface area (Å²) in [5.41, 5.74) is 4.14. The summed E-state index contributed by atoms with van der Waals surface area (Å²) in [6, 6.07) is 18.1. The van der Waals surface area contributed by atoms with Gasteiger partial charge in [-0.2, -0.15) is 0 Å². The summed E-state index contributed by atoms with van der Waals surface area (Å²) in [6.07, 6.45) is 0. The van der Waals surface area contributed by atoms with Gasteiger partial charge in [0.05, 0.1) is 5.69 Å². The van der Waals surface area contributed by atoms with Crippen LogP contribution >= 0.6 is 11.8 Å². The summed E-state index contributed by atoms with van der Waals surface area (Å²) >= 11 is 1.54. The molecule has 2 aromatic heterocycles. The first-order chi connectivity index (χ1) is 12.7. The Morgan fingerprint density at radius 1 is 0.923 bits per heavy atom. The average Bonchev–Trinajstić information content (AvgIpc) is 3.28. The predicted molar refractivity (Wildman–Crippen MR) is 103 cm³/mol. The third-order valence-corrected chi connectivity index (χ3v) is 4.90. The van der Waals surface area contributed by atoms with Gasteiger partial charge in [-0.1, -0.05) is 59.8 Å². The van der Waals surface area contributed by atoms with Crippen molar-refractivity contribution in [3.63, 3.8) is 0 Å². The van der Waals surface area contributed by atoms with E-state index in [1.54, 1.807) is 0 Å². The van der Waals surface area contributed by atoms with Gasteiger partial charge in [-0.3, -0.25) is 5.10 Å². The summed E-state index contributed by atoms with van der Waals surface area (Å²) in [5, 5.41) is 7.99. The standard InChI is InChI=1S/C20H18N4OS/c1-13-8-10-15(11-9-13)18-22-20(24-23-18)26-12-17-14(2)25-19(21-17)16-6-4-3-5-7-16/h3-11H,12H2,1-2H3,(H,22,23,24). The smallest absolute Gasteiger partial charge is 0.226 e. The van der Waals surface area contributed by atoms with Gasteiger partial charge in [0.25, 0.3) is 0 Å². The lowest BCUT2D eigenvalue weighted by Crippen LogP contribution is -1.86. The molecule has 0 amide bonds. The van der Waals surface area contributed by atoms with Crippen LogP contribution < -0.4 is 0 Å². The SMILES string of the molecule is Cc1ccc(-c2nc(SCc3nc(-c4ccccc4)oc3C)n[nH]2)cc1. The van der Waals surface area contributed by atoms with Gasteiger partial charge < -0.3 is 4.42 Å². The Balaban J connectivity index is 1.46. The number of hydrogen-bond acceptors (Lipinski definition) is 5. The highest BCUT2D eigenvalue weighted by molar-refractivity contribution is 7.98. The van der Waals surface area contributed by atoms with Crippen molar-refractivity contribution in [3.8, 4) is 22.8 Å². The second kappa shape index (κ2) is 7.17. The quantitative estimate of drug-likeness (QED) is 0.504. The number of rotatable bonds is 5. The molecule has 4 aromatic rings. The number of thioether (sulfide) groups is 1. The number of hydrogen-bond donors (Lipinski definition) is 1. The van der Waals surface area contributed by atoms with Crippen LogP contribution in [-0.4, -0.2) is 20.2 Å². The summed E-state index contributed by atoms with van der Waals surface area (Å²) in [7, 11) is 0.